The molecule has 0 saturated carbocycles. The second-order valence-corrected chi connectivity index (χ2v) is 4.81. The molecule has 6 heteroatoms. The second kappa shape index (κ2) is 5.64. The van der Waals surface area contributed by atoms with E-state index in [-0.39, 0.29) is 5.82 Å². The number of nitrogens with zero attached hydrogens (tertiary/aromatic N) is 2. The van der Waals surface area contributed by atoms with Crippen LogP contribution in [0.3, 0.4) is 0 Å². The van der Waals surface area contributed by atoms with Gasteiger partial charge >= 0.3 is 6.03 Å². The smallest absolute Gasteiger partial charge is 0.321 e. The monoisotopic (exact) mass is 274 g/mol. The number of nitrogens with one attached hydrogen (secondary N) is 2. The Kier molecular flexibility index (Phi) is 3.93. The van der Waals surface area contributed by atoms with Crippen molar-refractivity contribution < 1.29 is 9.18 Å². The van der Waals surface area contributed by atoms with E-state index in [0.29, 0.717) is 5.82 Å². The summed E-state index contributed by atoms with van der Waals surface area (Å²) in [5.74, 6) is 0.0994. The average Bonchev–Trinajstić information content (AvgIpc) is 2.39. The van der Waals surface area contributed by atoms with Crippen LogP contribution in [0.4, 0.5) is 15.0 Å². The van der Waals surface area contributed by atoms with Gasteiger partial charge in [0.05, 0.1) is 5.54 Å². The van der Waals surface area contributed by atoms with Crippen molar-refractivity contribution >= 4 is 11.8 Å². The minimum absolute atomic E-state index is 0.310. The standard InChI is InChI=1S/C14H15FN4O/c1-14(2,10-3-5-11(15)6-4-10)19-13(20)18-12-7-8-16-9-17-12/h3-9H,1-2H3,(H2,16,17,18,19,20). The Morgan fingerprint density at radius 1 is 1.20 bits per heavy atom. The van der Waals surface area contributed by atoms with Crippen LogP contribution < -0.4 is 10.6 Å². The molecule has 0 spiro atoms. The molecule has 0 saturated heterocycles. The van der Waals surface area contributed by atoms with Gasteiger partial charge in [0.2, 0.25) is 0 Å². The van der Waals surface area contributed by atoms with E-state index < -0.39 is 11.6 Å². The number of urea groups is 1. The number of aromatic nitrogens is 2. The van der Waals surface area contributed by atoms with Gasteiger partial charge < -0.3 is 5.32 Å². The van der Waals surface area contributed by atoms with Crippen molar-refractivity contribution in [1.29, 1.82) is 0 Å². The molecule has 0 aliphatic carbocycles. The fourth-order valence-corrected chi connectivity index (χ4v) is 1.73. The molecule has 1 aromatic heterocycles. The van der Waals surface area contributed by atoms with E-state index in [4.69, 9.17) is 0 Å². The van der Waals surface area contributed by atoms with Crippen LogP contribution in [0.25, 0.3) is 0 Å². The molecular weight excluding hydrogens is 259 g/mol. The maximum Gasteiger partial charge on any atom is 0.321 e. The van der Waals surface area contributed by atoms with Gasteiger partial charge in [-0.15, -0.1) is 0 Å². The minimum Gasteiger partial charge on any atom is -0.329 e. The molecular formula is C14H15FN4O. The topological polar surface area (TPSA) is 66.9 Å². The zero-order chi connectivity index (χ0) is 14.6. The summed E-state index contributed by atoms with van der Waals surface area (Å²) in [5.41, 5.74) is 0.168. The van der Waals surface area contributed by atoms with Crippen molar-refractivity contribution in [3.8, 4) is 0 Å². The van der Waals surface area contributed by atoms with Gasteiger partial charge in [-0.2, -0.15) is 0 Å². The maximum atomic E-state index is 12.9. The van der Waals surface area contributed by atoms with Crippen molar-refractivity contribution in [2.24, 2.45) is 0 Å². The molecule has 2 amide bonds. The molecule has 0 aliphatic heterocycles. The summed E-state index contributed by atoms with van der Waals surface area (Å²) in [6.07, 6.45) is 2.88. The van der Waals surface area contributed by atoms with Crippen LogP contribution in [-0.4, -0.2) is 16.0 Å². The highest BCUT2D eigenvalue weighted by atomic mass is 19.1. The summed E-state index contributed by atoms with van der Waals surface area (Å²) in [6, 6.07) is 7.20. The number of halogens is 1. The number of rotatable bonds is 3. The molecule has 0 radical (unpaired) electrons. The van der Waals surface area contributed by atoms with Gasteiger partial charge in [0.25, 0.3) is 0 Å². The largest absolute Gasteiger partial charge is 0.329 e. The van der Waals surface area contributed by atoms with Gasteiger partial charge in [-0.1, -0.05) is 12.1 Å². The summed E-state index contributed by atoms with van der Waals surface area (Å²) >= 11 is 0. The summed E-state index contributed by atoms with van der Waals surface area (Å²) in [6.45, 7) is 3.67. The molecule has 0 bridgehead atoms. The fraction of sp³-hybridized carbons (Fsp3) is 0.214. The Morgan fingerprint density at radius 2 is 1.90 bits per heavy atom. The number of anilines is 1. The molecule has 104 valence electrons. The molecule has 2 rings (SSSR count). The Bertz CT molecular complexity index is 584. The third-order valence-electron chi connectivity index (χ3n) is 2.82. The van der Waals surface area contributed by atoms with Crippen molar-refractivity contribution in [1.82, 2.24) is 15.3 Å². The van der Waals surface area contributed by atoms with E-state index >= 15 is 0 Å². The molecule has 2 aromatic rings. The van der Waals surface area contributed by atoms with Gasteiger partial charge in [-0.05, 0) is 37.6 Å². The molecule has 1 heterocycles. The molecule has 1 aromatic carbocycles. The lowest BCUT2D eigenvalue weighted by atomic mass is 9.94. The normalized spacial score (nSPS) is 10.9. The molecule has 0 atom stereocenters. The highest BCUT2D eigenvalue weighted by Gasteiger charge is 2.22. The number of hydrogen-bond acceptors (Lipinski definition) is 3. The number of amides is 2. The first-order valence-corrected chi connectivity index (χ1v) is 6.08. The lowest BCUT2D eigenvalue weighted by molar-refractivity contribution is 0.241. The Morgan fingerprint density at radius 3 is 2.50 bits per heavy atom. The molecule has 5 nitrogen and oxygen atoms in total. The Labute approximate surface area is 116 Å². The summed E-state index contributed by atoms with van der Waals surface area (Å²) in [4.78, 5) is 19.6. The van der Waals surface area contributed by atoms with E-state index in [1.165, 1.54) is 24.7 Å². The number of hydrogen-bond donors (Lipinski definition) is 2. The summed E-state index contributed by atoms with van der Waals surface area (Å²) in [7, 11) is 0. The third kappa shape index (κ3) is 3.50. The van der Waals surface area contributed by atoms with Crippen LogP contribution in [0.1, 0.15) is 19.4 Å². The van der Waals surface area contributed by atoms with E-state index in [9.17, 15) is 9.18 Å². The third-order valence-corrected chi connectivity index (χ3v) is 2.82. The highest BCUT2D eigenvalue weighted by Crippen LogP contribution is 2.20. The Hall–Kier alpha value is -2.50. The van der Waals surface area contributed by atoms with Crippen LogP contribution in [-0.2, 0) is 5.54 Å². The van der Waals surface area contributed by atoms with Gasteiger partial charge in [0.15, 0.2) is 0 Å². The van der Waals surface area contributed by atoms with Crippen molar-refractivity contribution in [2.75, 3.05) is 5.32 Å². The van der Waals surface area contributed by atoms with Gasteiger partial charge in [0.1, 0.15) is 18.0 Å². The van der Waals surface area contributed by atoms with Crippen molar-refractivity contribution in [2.45, 2.75) is 19.4 Å². The quantitative estimate of drug-likeness (QED) is 0.904. The summed E-state index contributed by atoms with van der Waals surface area (Å²) < 4.78 is 12.9. The Balaban J connectivity index is 2.04. The van der Waals surface area contributed by atoms with E-state index in [1.807, 2.05) is 13.8 Å². The van der Waals surface area contributed by atoms with E-state index in [1.54, 1.807) is 18.2 Å². The number of carbonyl (C=O) groups excluding carboxylic acids is 1. The van der Waals surface area contributed by atoms with Crippen molar-refractivity contribution in [3.05, 3.63) is 54.2 Å². The maximum absolute atomic E-state index is 12.9. The van der Waals surface area contributed by atoms with Gasteiger partial charge in [0, 0.05) is 6.20 Å². The first-order chi connectivity index (χ1) is 9.47. The predicted molar refractivity (Wildman–Crippen MR) is 73.6 cm³/mol. The first-order valence-electron chi connectivity index (χ1n) is 6.08. The molecule has 0 unspecified atom stereocenters. The fourth-order valence-electron chi connectivity index (χ4n) is 1.73. The molecule has 0 aliphatic rings. The van der Waals surface area contributed by atoms with E-state index in [0.717, 1.165) is 5.56 Å². The van der Waals surface area contributed by atoms with Crippen LogP contribution in [0, 0.1) is 5.82 Å². The first kappa shape index (κ1) is 13.9. The highest BCUT2D eigenvalue weighted by molar-refractivity contribution is 5.88. The molecule has 0 fully saturated rings. The van der Waals surface area contributed by atoms with Crippen LogP contribution in [0.5, 0.6) is 0 Å². The lowest BCUT2D eigenvalue weighted by Gasteiger charge is -2.26. The lowest BCUT2D eigenvalue weighted by Crippen LogP contribution is -2.43. The second-order valence-electron chi connectivity index (χ2n) is 4.81. The zero-order valence-corrected chi connectivity index (χ0v) is 11.2. The van der Waals surface area contributed by atoms with Crippen LogP contribution in [0.2, 0.25) is 0 Å². The van der Waals surface area contributed by atoms with E-state index in [2.05, 4.69) is 20.6 Å². The predicted octanol–water partition coefficient (Wildman–Crippen LogP) is 2.67. The number of benzene rings is 1. The van der Waals surface area contributed by atoms with Gasteiger partial charge in [-0.3, -0.25) is 5.32 Å². The number of carbonyl (C=O) groups is 1. The minimum atomic E-state index is -0.634. The zero-order valence-electron chi connectivity index (χ0n) is 11.2. The molecule has 20 heavy (non-hydrogen) atoms. The van der Waals surface area contributed by atoms with Crippen LogP contribution in [0.15, 0.2) is 42.9 Å². The van der Waals surface area contributed by atoms with Crippen molar-refractivity contribution in [3.63, 3.8) is 0 Å². The SMILES string of the molecule is CC(C)(NC(=O)Nc1ccncn1)c1ccc(F)cc1. The van der Waals surface area contributed by atoms with Gasteiger partial charge in [-0.25, -0.2) is 19.2 Å². The summed E-state index contributed by atoms with van der Waals surface area (Å²) in [5, 5.41) is 5.41. The molecule has 2 N–H and O–H groups in total. The average molecular weight is 274 g/mol. The van der Waals surface area contributed by atoms with Crippen LogP contribution >= 0.6 is 0 Å².